The Morgan fingerprint density at radius 3 is 1.73 bits per heavy atom. The Kier molecular flexibility index (Phi) is 20.0. The molecule has 3 N–H and O–H groups in total. The second-order valence-corrected chi connectivity index (χ2v) is 6.08. The van der Waals surface area contributed by atoms with E-state index in [0.29, 0.717) is 12.5 Å². The first-order valence-corrected chi connectivity index (χ1v) is 10.1. The van der Waals surface area contributed by atoms with Crippen LogP contribution in [0.1, 0.15) is 53.9 Å². The zero-order valence-corrected chi connectivity index (χ0v) is 16.6. The zero-order chi connectivity index (χ0) is 17.2. The molecule has 0 fully saturated rings. The molecule has 0 spiro atoms. The molecule has 0 saturated carbocycles. The van der Waals surface area contributed by atoms with Gasteiger partial charge in [-0.2, -0.15) is 15.0 Å². The summed E-state index contributed by atoms with van der Waals surface area (Å²) in [6, 6.07) is 0. The molecule has 1 aromatic heterocycles. The van der Waals surface area contributed by atoms with Crippen LogP contribution in [0.15, 0.2) is 10.3 Å². The van der Waals surface area contributed by atoms with Crippen molar-refractivity contribution >= 4 is 29.5 Å². The number of unbranched alkanes of at least 4 members (excludes halogenated alkanes) is 1. The molecule has 1 aromatic rings. The van der Waals surface area contributed by atoms with E-state index in [1.165, 1.54) is 12.8 Å². The molecule has 1 heterocycles. The molecule has 7 heteroatoms. The van der Waals surface area contributed by atoms with E-state index in [0.717, 1.165) is 28.2 Å². The topological polar surface area (TPSA) is 76.7 Å². The first-order chi connectivity index (χ1) is 10.7. The summed E-state index contributed by atoms with van der Waals surface area (Å²) in [5.74, 6) is 2.47. The van der Waals surface area contributed by atoms with Crippen molar-refractivity contribution in [2.24, 2.45) is 5.73 Å². The highest BCUT2D eigenvalue weighted by Crippen LogP contribution is 2.19. The number of rotatable bonds is 8. The molecule has 0 atom stereocenters. The molecule has 0 aromatic carbocycles. The van der Waals surface area contributed by atoms with E-state index in [1.54, 1.807) is 30.6 Å². The van der Waals surface area contributed by atoms with Crippen LogP contribution >= 0.6 is 23.5 Å². The van der Waals surface area contributed by atoms with Gasteiger partial charge in [0.15, 0.2) is 10.3 Å². The number of hydrogen-bond donors (Lipinski definition) is 2. The SMILES string of the molecule is CC.CCCC.CCCSc1nc(NC)nc(SCCN)n1. The number of nitrogens with zero attached hydrogens (tertiary/aromatic N) is 3. The molecule has 0 unspecified atom stereocenters. The van der Waals surface area contributed by atoms with Gasteiger partial charge in [-0.25, -0.2) is 0 Å². The summed E-state index contributed by atoms with van der Waals surface area (Å²) in [7, 11) is 1.81. The first kappa shape index (κ1) is 23.7. The van der Waals surface area contributed by atoms with Gasteiger partial charge < -0.3 is 11.1 Å². The summed E-state index contributed by atoms with van der Waals surface area (Å²) in [4.78, 5) is 12.9. The highest BCUT2D eigenvalue weighted by Gasteiger charge is 2.05. The van der Waals surface area contributed by atoms with E-state index in [-0.39, 0.29) is 0 Å². The maximum Gasteiger partial charge on any atom is 0.227 e. The second-order valence-electron chi connectivity index (χ2n) is 3.96. The van der Waals surface area contributed by atoms with Crippen LogP contribution < -0.4 is 11.1 Å². The van der Waals surface area contributed by atoms with Gasteiger partial charge in [-0.05, 0) is 6.42 Å². The minimum Gasteiger partial charge on any atom is -0.357 e. The third kappa shape index (κ3) is 13.2. The molecule has 0 bridgehead atoms. The normalized spacial score (nSPS) is 9.23. The molecular formula is C15H33N5S2. The van der Waals surface area contributed by atoms with Gasteiger partial charge >= 0.3 is 0 Å². The van der Waals surface area contributed by atoms with Gasteiger partial charge in [-0.1, -0.05) is 71.0 Å². The van der Waals surface area contributed by atoms with Gasteiger partial charge in [0.2, 0.25) is 5.95 Å². The van der Waals surface area contributed by atoms with Gasteiger partial charge in [0.1, 0.15) is 0 Å². The van der Waals surface area contributed by atoms with Crippen LogP contribution in [-0.2, 0) is 0 Å². The maximum absolute atomic E-state index is 5.45. The van der Waals surface area contributed by atoms with E-state index in [9.17, 15) is 0 Å². The van der Waals surface area contributed by atoms with E-state index >= 15 is 0 Å². The number of thioether (sulfide) groups is 2. The van der Waals surface area contributed by atoms with E-state index in [2.05, 4.69) is 41.0 Å². The number of nitrogens with one attached hydrogen (secondary N) is 1. The minimum atomic E-state index is 0.619. The molecule has 0 aliphatic carbocycles. The van der Waals surface area contributed by atoms with Crippen LogP contribution in [0.3, 0.4) is 0 Å². The van der Waals surface area contributed by atoms with Crippen LogP contribution in [0.2, 0.25) is 0 Å². The van der Waals surface area contributed by atoms with Gasteiger partial charge in [-0.15, -0.1) is 0 Å². The molecular weight excluding hydrogens is 314 g/mol. The van der Waals surface area contributed by atoms with Crippen LogP contribution in [0.25, 0.3) is 0 Å². The molecule has 130 valence electrons. The fourth-order valence-corrected chi connectivity index (χ4v) is 2.27. The van der Waals surface area contributed by atoms with Crippen molar-refractivity contribution in [3.05, 3.63) is 0 Å². The Labute approximate surface area is 145 Å². The molecule has 0 aliphatic rings. The standard InChI is InChI=1S/C9H17N5S2.C4H10.C2H6/c1-3-5-15-8-12-7(11-2)13-9(14-8)16-6-4-10;1-3-4-2;1-2/h3-6,10H2,1-2H3,(H,11,12,13,14);3-4H2,1-2H3;1-2H3. The number of hydrogen-bond acceptors (Lipinski definition) is 7. The number of anilines is 1. The average molecular weight is 348 g/mol. The third-order valence-electron chi connectivity index (χ3n) is 2.10. The second kappa shape index (κ2) is 18.5. The molecule has 1 rings (SSSR count). The molecule has 0 saturated heterocycles. The fraction of sp³-hybridized carbons (Fsp3) is 0.800. The predicted octanol–water partition coefficient (Wildman–Crippen LogP) is 4.30. The quantitative estimate of drug-likeness (QED) is 0.679. The van der Waals surface area contributed by atoms with Crippen molar-refractivity contribution in [1.29, 1.82) is 0 Å². The van der Waals surface area contributed by atoms with Crippen molar-refractivity contribution in [1.82, 2.24) is 15.0 Å². The van der Waals surface area contributed by atoms with E-state index < -0.39 is 0 Å². The Morgan fingerprint density at radius 1 is 0.864 bits per heavy atom. The van der Waals surface area contributed by atoms with Gasteiger partial charge in [0, 0.05) is 25.1 Å². The Balaban J connectivity index is 0. The highest BCUT2D eigenvalue weighted by molar-refractivity contribution is 7.99. The molecule has 0 amide bonds. The summed E-state index contributed by atoms with van der Waals surface area (Å²) in [6.45, 7) is 11.1. The van der Waals surface area contributed by atoms with Gasteiger partial charge in [0.25, 0.3) is 0 Å². The molecule has 0 radical (unpaired) electrons. The summed E-state index contributed by atoms with van der Waals surface area (Å²) in [5.41, 5.74) is 5.45. The van der Waals surface area contributed by atoms with Crippen molar-refractivity contribution in [3.63, 3.8) is 0 Å². The van der Waals surface area contributed by atoms with Crippen LogP contribution in [-0.4, -0.2) is 40.1 Å². The Hall–Kier alpha value is -0.530. The van der Waals surface area contributed by atoms with E-state index in [1.807, 2.05) is 13.8 Å². The molecule has 5 nitrogen and oxygen atoms in total. The third-order valence-corrected chi connectivity index (χ3v) is 4.04. The van der Waals surface area contributed by atoms with Crippen molar-refractivity contribution in [3.8, 4) is 0 Å². The lowest BCUT2D eigenvalue weighted by Crippen LogP contribution is -2.05. The zero-order valence-electron chi connectivity index (χ0n) is 15.0. The fourth-order valence-electron chi connectivity index (χ4n) is 0.922. The number of nitrogens with two attached hydrogens (primary N) is 1. The van der Waals surface area contributed by atoms with Gasteiger partial charge in [0.05, 0.1) is 0 Å². The molecule has 22 heavy (non-hydrogen) atoms. The highest BCUT2D eigenvalue weighted by atomic mass is 32.2. The van der Waals surface area contributed by atoms with Gasteiger partial charge in [-0.3, -0.25) is 0 Å². The maximum atomic E-state index is 5.45. The Bertz CT molecular complexity index is 322. The van der Waals surface area contributed by atoms with Crippen molar-refractivity contribution in [2.45, 2.75) is 64.2 Å². The van der Waals surface area contributed by atoms with Crippen molar-refractivity contribution in [2.75, 3.05) is 30.4 Å². The lowest BCUT2D eigenvalue weighted by molar-refractivity contribution is 0.806. The van der Waals surface area contributed by atoms with Crippen LogP contribution in [0.5, 0.6) is 0 Å². The number of aromatic nitrogens is 3. The lowest BCUT2D eigenvalue weighted by Gasteiger charge is -2.05. The minimum absolute atomic E-state index is 0.619. The smallest absolute Gasteiger partial charge is 0.227 e. The monoisotopic (exact) mass is 347 g/mol. The lowest BCUT2D eigenvalue weighted by atomic mass is 10.4. The predicted molar refractivity (Wildman–Crippen MR) is 102 cm³/mol. The largest absolute Gasteiger partial charge is 0.357 e. The molecule has 0 aliphatic heterocycles. The Morgan fingerprint density at radius 2 is 1.36 bits per heavy atom. The summed E-state index contributed by atoms with van der Waals surface area (Å²) in [6.07, 6.45) is 3.75. The van der Waals surface area contributed by atoms with Crippen LogP contribution in [0.4, 0.5) is 5.95 Å². The summed E-state index contributed by atoms with van der Waals surface area (Å²) < 4.78 is 0. The average Bonchev–Trinajstić information content (AvgIpc) is 2.59. The first-order valence-electron chi connectivity index (χ1n) is 8.11. The summed E-state index contributed by atoms with van der Waals surface area (Å²) in [5, 5.41) is 4.46. The summed E-state index contributed by atoms with van der Waals surface area (Å²) >= 11 is 3.21. The van der Waals surface area contributed by atoms with E-state index in [4.69, 9.17) is 5.73 Å². The van der Waals surface area contributed by atoms with Crippen LogP contribution in [0, 0.1) is 0 Å². The van der Waals surface area contributed by atoms with Crippen molar-refractivity contribution < 1.29 is 0 Å².